The number of carboxylic acids is 3. The van der Waals surface area contributed by atoms with Crippen molar-refractivity contribution in [1.29, 1.82) is 0 Å². The monoisotopic (exact) mass is 518 g/mol. The highest BCUT2D eigenvalue weighted by Crippen LogP contribution is 2.12. The van der Waals surface area contributed by atoms with Gasteiger partial charge in [-0.1, -0.05) is 0 Å². The normalized spacial score (nSPS) is 18.2. The average Bonchev–Trinajstić information content (AvgIpc) is 2.74. The molecule has 1 saturated heterocycles. The number of nitrogens with one attached hydrogen (secondary N) is 1. The number of ether oxygens (including phenoxy) is 1. The summed E-state index contributed by atoms with van der Waals surface area (Å²) in [6, 6.07) is 0. The van der Waals surface area contributed by atoms with Crippen molar-refractivity contribution in [3.63, 3.8) is 0 Å². The van der Waals surface area contributed by atoms with Crippen LogP contribution in [0.3, 0.4) is 0 Å². The average molecular weight is 519 g/mol. The molecular formula is C22H42N6O8. The van der Waals surface area contributed by atoms with Gasteiger partial charge in [-0.3, -0.25) is 38.8 Å². The maximum Gasteiger partial charge on any atom is 0.317 e. The minimum Gasteiger partial charge on any atom is -0.480 e. The van der Waals surface area contributed by atoms with Crippen molar-refractivity contribution < 1.29 is 39.2 Å². The van der Waals surface area contributed by atoms with E-state index in [0.717, 1.165) is 0 Å². The Labute approximate surface area is 211 Å². The lowest BCUT2D eigenvalue weighted by molar-refractivity contribution is -0.140. The quantitative estimate of drug-likeness (QED) is 0.164. The summed E-state index contributed by atoms with van der Waals surface area (Å²) in [7, 11) is 0. The molecule has 0 radical (unpaired) electrons. The maximum absolute atomic E-state index is 12.6. The van der Waals surface area contributed by atoms with Gasteiger partial charge in [-0.25, -0.2) is 0 Å². The van der Waals surface area contributed by atoms with Gasteiger partial charge in [-0.05, 0) is 20.3 Å². The predicted molar refractivity (Wildman–Crippen MR) is 131 cm³/mol. The van der Waals surface area contributed by atoms with Gasteiger partial charge < -0.3 is 31.1 Å². The van der Waals surface area contributed by atoms with E-state index < -0.39 is 23.5 Å². The number of carbonyl (C=O) groups is 4. The summed E-state index contributed by atoms with van der Waals surface area (Å²) in [5, 5.41) is 30.7. The number of nitrogens with two attached hydrogens (primary N) is 1. The third-order valence-corrected chi connectivity index (χ3v) is 5.90. The minimum absolute atomic E-state index is 0.0745. The molecule has 1 aliphatic heterocycles. The summed E-state index contributed by atoms with van der Waals surface area (Å²) < 4.78 is 5.43. The molecule has 0 bridgehead atoms. The van der Waals surface area contributed by atoms with Crippen LogP contribution in [0.5, 0.6) is 0 Å². The topological polar surface area (TPSA) is 189 Å². The summed E-state index contributed by atoms with van der Waals surface area (Å²) in [6.45, 7) is 6.49. The molecule has 14 heteroatoms. The highest BCUT2D eigenvalue weighted by molar-refractivity contribution is 5.78. The van der Waals surface area contributed by atoms with Gasteiger partial charge in [0.1, 0.15) is 0 Å². The van der Waals surface area contributed by atoms with Crippen molar-refractivity contribution >= 4 is 23.8 Å². The molecule has 0 aromatic carbocycles. The number of hydrogen-bond donors (Lipinski definition) is 5. The zero-order valence-corrected chi connectivity index (χ0v) is 21.4. The molecule has 0 aromatic rings. The van der Waals surface area contributed by atoms with Gasteiger partial charge in [0, 0.05) is 58.9 Å². The number of rotatable bonds is 13. The fourth-order valence-electron chi connectivity index (χ4n) is 3.84. The summed E-state index contributed by atoms with van der Waals surface area (Å²) in [4.78, 5) is 53.5. The number of nitrogens with zero attached hydrogens (tertiary/aromatic N) is 4. The number of carbonyl (C=O) groups excluding carboxylic acids is 1. The third-order valence-electron chi connectivity index (χ3n) is 5.90. The molecule has 0 unspecified atom stereocenters. The Hall–Kier alpha value is -2.36. The van der Waals surface area contributed by atoms with E-state index in [9.17, 15) is 34.5 Å². The van der Waals surface area contributed by atoms with Crippen LogP contribution in [0.1, 0.15) is 20.3 Å². The van der Waals surface area contributed by atoms with Crippen molar-refractivity contribution in [2.45, 2.75) is 25.9 Å². The zero-order valence-electron chi connectivity index (χ0n) is 21.4. The van der Waals surface area contributed by atoms with E-state index in [2.05, 4.69) is 5.32 Å². The molecule has 1 fully saturated rings. The second-order valence-corrected chi connectivity index (χ2v) is 9.46. The van der Waals surface area contributed by atoms with Gasteiger partial charge in [0.25, 0.3) is 0 Å². The zero-order chi connectivity index (χ0) is 27.1. The molecule has 6 N–H and O–H groups in total. The van der Waals surface area contributed by atoms with Crippen LogP contribution < -0.4 is 11.1 Å². The molecule has 0 aromatic heterocycles. The lowest BCUT2D eigenvalue weighted by atomic mass is 10.1. The predicted octanol–water partition coefficient (Wildman–Crippen LogP) is -2.32. The van der Waals surface area contributed by atoms with Crippen molar-refractivity contribution in [3.05, 3.63) is 0 Å². The van der Waals surface area contributed by atoms with Gasteiger partial charge in [-0.15, -0.1) is 0 Å². The number of aliphatic carboxylic acids is 3. The first-order valence-corrected chi connectivity index (χ1v) is 12.1. The number of amides is 1. The largest absolute Gasteiger partial charge is 0.480 e. The molecule has 0 spiro atoms. The Kier molecular flexibility index (Phi) is 14.4. The van der Waals surface area contributed by atoms with E-state index in [4.69, 9.17) is 10.5 Å². The molecule has 1 amide bonds. The molecule has 1 heterocycles. The third kappa shape index (κ3) is 14.9. The molecule has 14 nitrogen and oxygen atoms in total. The van der Waals surface area contributed by atoms with E-state index in [1.165, 1.54) is 0 Å². The minimum atomic E-state index is -1.01. The second kappa shape index (κ2) is 16.4. The molecule has 0 atom stereocenters. The Morgan fingerprint density at radius 3 is 1.36 bits per heavy atom. The van der Waals surface area contributed by atoms with Crippen molar-refractivity contribution in [2.24, 2.45) is 5.73 Å². The Balaban J connectivity index is 2.86. The highest BCUT2D eigenvalue weighted by atomic mass is 16.5. The van der Waals surface area contributed by atoms with Crippen LogP contribution in [0.4, 0.5) is 0 Å². The standard InChI is InChI=1S/C22H42N6O8/c1-22(2,36-17-23)3-4-24-18(29)13-25-5-7-26(14-19(30)31)9-11-28(16-21(34)35)12-10-27(8-6-25)15-20(32)33/h3-17,23H2,1-2H3,(H,24,29)(H,30,31)(H,32,33)(H,34,35). The molecule has 0 saturated carbocycles. The fourth-order valence-corrected chi connectivity index (χ4v) is 3.84. The summed E-state index contributed by atoms with van der Waals surface area (Å²) in [5.41, 5.74) is 4.95. The lowest BCUT2D eigenvalue weighted by Crippen LogP contribution is -2.50. The number of hydrogen-bond acceptors (Lipinski definition) is 10. The number of carboxylic acid groups (broad SMARTS) is 3. The van der Waals surface area contributed by atoms with E-state index >= 15 is 0 Å². The first kappa shape index (κ1) is 31.7. The Morgan fingerprint density at radius 2 is 1.06 bits per heavy atom. The summed E-state index contributed by atoms with van der Waals surface area (Å²) >= 11 is 0. The summed E-state index contributed by atoms with van der Waals surface area (Å²) in [5.74, 6) is -3.20. The van der Waals surface area contributed by atoms with Crippen LogP contribution in [-0.2, 0) is 23.9 Å². The first-order valence-electron chi connectivity index (χ1n) is 12.1. The van der Waals surface area contributed by atoms with Crippen LogP contribution >= 0.6 is 0 Å². The smallest absolute Gasteiger partial charge is 0.317 e. The van der Waals surface area contributed by atoms with Crippen molar-refractivity contribution in [1.82, 2.24) is 24.9 Å². The van der Waals surface area contributed by atoms with E-state index in [1.54, 1.807) is 14.7 Å². The van der Waals surface area contributed by atoms with Crippen LogP contribution in [0, 0.1) is 0 Å². The molecule has 1 rings (SSSR count). The van der Waals surface area contributed by atoms with Gasteiger partial charge in [0.2, 0.25) is 5.91 Å². The van der Waals surface area contributed by atoms with E-state index in [0.29, 0.717) is 65.3 Å². The molecule has 208 valence electrons. The maximum atomic E-state index is 12.6. The highest BCUT2D eigenvalue weighted by Gasteiger charge is 2.22. The van der Waals surface area contributed by atoms with Gasteiger partial charge in [0.15, 0.2) is 0 Å². The van der Waals surface area contributed by atoms with Crippen LogP contribution in [0.25, 0.3) is 0 Å². The molecule has 0 aliphatic carbocycles. The molecule has 1 aliphatic rings. The SMILES string of the molecule is CC(C)(CCNC(=O)CN1CCN(CC(=O)O)CCN(CC(=O)O)CCN(CC(=O)O)CC1)OCN. The van der Waals surface area contributed by atoms with E-state index in [-0.39, 0.29) is 38.8 Å². The van der Waals surface area contributed by atoms with Gasteiger partial charge in [-0.2, -0.15) is 0 Å². The molecule has 36 heavy (non-hydrogen) atoms. The van der Waals surface area contributed by atoms with Crippen molar-refractivity contribution in [2.75, 3.05) is 91.8 Å². The van der Waals surface area contributed by atoms with Crippen LogP contribution in [-0.4, -0.2) is 156 Å². The van der Waals surface area contributed by atoms with E-state index in [1.807, 2.05) is 18.7 Å². The second-order valence-electron chi connectivity index (χ2n) is 9.46. The van der Waals surface area contributed by atoms with Gasteiger partial charge >= 0.3 is 17.9 Å². The van der Waals surface area contributed by atoms with Crippen LogP contribution in [0.15, 0.2) is 0 Å². The van der Waals surface area contributed by atoms with Crippen LogP contribution in [0.2, 0.25) is 0 Å². The molecular weight excluding hydrogens is 476 g/mol. The van der Waals surface area contributed by atoms with Crippen molar-refractivity contribution in [3.8, 4) is 0 Å². The lowest BCUT2D eigenvalue weighted by Gasteiger charge is -2.33. The first-order chi connectivity index (χ1) is 16.9. The van der Waals surface area contributed by atoms with Gasteiger partial charge in [0.05, 0.1) is 38.5 Å². The summed E-state index contributed by atoms with van der Waals surface area (Å²) in [6.07, 6.45) is 0.571. The Bertz CT molecular complexity index is 691. The fraction of sp³-hybridized carbons (Fsp3) is 0.818. The Morgan fingerprint density at radius 1 is 0.722 bits per heavy atom.